The van der Waals surface area contributed by atoms with E-state index >= 15 is 0 Å². The van der Waals surface area contributed by atoms with Crippen molar-refractivity contribution in [3.63, 3.8) is 0 Å². The van der Waals surface area contributed by atoms with E-state index in [-0.39, 0.29) is 12.3 Å². The van der Waals surface area contributed by atoms with E-state index in [4.69, 9.17) is 9.47 Å². The zero-order valence-electron chi connectivity index (χ0n) is 10.5. The van der Waals surface area contributed by atoms with Crippen molar-refractivity contribution in [1.82, 2.24) is 10.6 Å². The molecule has 0 aromatic carbocycles. The largest absolute Gasteiger partial charge is 0.351 e. The number of amides is 2. The minimum absolute atomic E-state index is 0.259. The van der Waals surface area contributed by atoms with Gasteiger partial charge < -0.3 is 20.1 Å². The summed E-state index contributed by atoms with van der Waals surface area (Å²) in [6.07, 6.45) is 1.26. The van der Waals surface area contributed by atoms with Gasteiger partial charge >= 0.3 is 6.03 Å². The van der Waals surface area contributed by atoms with Gasteiger partial charge in [-0.05, 0) is 27.7 Å². The summed E-state index contributed by atoms with van der Waals surface area (Å²) in [4.78, 5) is 11.3. The highest BCUT2D eigenvalue weighted by molar-refractivity contribution is 5.74. The Kier molecular flexibility index (Phi) is 8.56. The first kappa shape index (κ1) is 14.9. The third-order valence-corrected chi connectivity index (χ3v) is 1.63. The van der Waals surface area contributed by atoms with Crippen molar-refractivity contribution in [1.29, 1.82) is 0 Å². The van der Waals surface area contributed by atoms with Crippen LogP contribution in [0.25, 0.3) is 0 Å². The zero-order chi connectivity index (χ0) is 12.4. The highest BCUT2D eigenvalue weighted by Gasteiger charge is 2.08. The summed E-state index contributed by atoms with van der Waals surface area (Å²) in [6, 6.07) is -0.259. The molecule has 0 spiro atoms. The molecule has 0 aliphatic heterocycles. The number of nitrogens with one attached hydrogen (secondary N) is 2. The summed E-state index contributed by atoms with van der Waals surface area (Å²) in [7, 11) is 0. The van der Waals surface area contributed by atoms with Gasteiger partial charge in [0.25, 0.3) is 0 Å². The van der Waals surface area contributed by atoms with Crippen LogP contribution in [0.1, 0.15) is 27.7 Å². The van der Waals surface area contributed by atoms with Gasteiger partial charge in [0.15, 0.2) is 6.29 Å². The second-order valence-corrected chi connectivity index (χ2v) is 3.42. The van der Waals surface area contributed by atoms with Gasteiger partial charge in [0.2, 0.25) is 0 Å². The maximum absolute atomic E-state index is 11.3. The van der Waals surface area contributed by atoms with E-state index in [1.807, 2.05) is 27.7 Å². The monoisotopic (exact) mass is 230 g/mol. The van der Waals surface area contributed by atoms with Crippen molar-refractivity contribution < 1.29 is 14.3 Å². The number of ether oxygens (including phenoxy) is 2. The van der Waals surface area contributed by atoms with Crippen molar-refractivity contribution in [2.75, 3.05) is 19.8 Å². The van der Waals surface area contributed by atoms with Gasteiger partial charge in [-0.2, -0.15) is 0 Å². The van der Waals surface area contributed by atoms with Crippen LogP contribution >= 0.6 is 0 Å². The Morgan fingerprint density at radius 3 is 2.25 bits per heavy atom. The van der Waals surface area contributed by atoms with E-state index in [2.05, 4.69) is 10.6 Å². The van der Waals surface area contributed by atoms with Crippen LogP contribution in [-0.2, 0) is 9.47 Å². The fourth-order valence-electron chi connectivity index (χ4n) is 0.975. The average Bonchev–Trinajstić information content (AvgIpc) is 2.23. The summed E-state index contributed by atoms with van der Waals surface area (Å²) in [5.74, 6) is 0. The first-order chi connectivity index (χ1) is 7.60. The first-order valence-corrected chi connectivity index (χ1v) is 5.51. The third kappa shape index (κ3) is 8.26. The zero-order valence-corrected chi connectivity index (χ0v) is 10.5. The van der Waals surface area contributed by atoms with E-state index < -0.39 is 0 Å². The molecule has 0 aliphatic carbocycles. The van der Waals surface area contributed by atoms with Gasteiger partial charge in [-0.25, -0.2) is 4.79 Å². The van der Waals surface area contributed by atoms with Crippen molar-refractivity contribution in [2.45, 2.75) is 34.0 Å². The molecule has 0 bridgehead atoms. The summed E-state index contributed by atoms with van der Waals surface area (Å²) in [6.45, 7) is 9.03. The lowest BCUT2D eigenvalue weighted by atomic mass is 10.4. The summed E-state index contributed by atoms with van der Waals surface area (Å²) >= 11 is 0. The number of rotatable bonds is 7. The molecule has 0 rings (SSSR count). The van der Waals surface area contributed by atoms with Crippen molar-refractivity contribution in [3.05, 3.63) is 11.8 Å². The molecule has 5 nitrogen and oxygen atoms in total. The van der Waals surface area contributed by atoms with E-state index in [0.29, 0.717) is 19.8 Å². The Balaban J connectivity index is 3.81. The van der Waals surface area contributed by atoms with Gasteiger partial charge in [-0.1, -0.05) is 5.57 Å². The van der Waals surface area contributed by atoms with Crippen LogP contribution in [-0.4, -0.2) is 32.1 Å². The lowest BCUT2D eigenvalue weighted by Crippen LogP contribution is -2.39. The predicted octanol–water partition coefficient (Wildman–Crippen LogP) is 1.61. The molecule has 0 saturated carbocycles. The molecule has 0 atom stereocenters. The first-order valence-electron chi connectivity index (χ1n) is 5.51. The second-order valence-electron chi connectivity index (χ2n) is 3.42. The fourth-order valence-corrected chi connectivity index (χ4v) is 0.975. The SMILES string of the molecule is CCOC(CNC(=O)NC=C(C)C)OCC. The van der Waals surface area contributed by atoms with Crippen LogP contribution in [0, 0.1) is 0 Å². The van der Waals surface area contributed by atoms with E-state index in [1.165, 1.54) is 0 Å². The topological polar surface area (TPSA) is 59.6 Å². The molecule has 0 saturated heterocycles. The Morgan fingerprint density at radius 1 is 1.25 bits per heavy atom. The quantitative estimate of drug-likeness (QED) is 0.653. The minimum Gasteiger partial charge on any atom is -0.351 e. The Hall–Kier alpha value is -1.07. The number of carbonyl (C=O) groups is 1. The molecule has 2 N–H and O–H groups in total. The fraction of sp³-hybridized carbons (Fsp3) is 0.727. The smallest absolute Gasteiger partial charge is 0.318 e. The van der Waals surface area contributed by atoms with Crippen molar-refractivity contribution in [2.24, 2.45) is 0 Å². The molecule has 0 fully saturated rings. The Bertz CT molecular complexity index is 219. The predicted molar refractivity (Wildman–Crippen MR) is 63.0 cm³/mol. The number of urea groups is 1. The molecule has 0 aromatic heterocycles. The summed E-state index contributed by atoms with van der Waals surface area (Å²) in [5, 5.41) is 5.26. The number of hydrogen-bond acceptors (Lipinski definition) is 3. The average molecular weight is 230 g/mol. The summed E-state index contributed by atoms with van der Waals surface area (Å²) < 4.78 is 10.6. The molecular weight excluding hydrogens is 208 g/mol. The standard InChI is InChI=1S/C11H22N2O3/c1-5-15-10(16-6-2)8-13-11(14)12-7-9(3)4/h7,10H,5-6,8H2,1-4H3,(H2,12,13,14). The van der Waals surface area contributed by atoms with Crippen LogP contribution in [0.5, 0.6) is 0 Å². The van der Waals surface area contributed by atoms with Crippen LogP contribution in [0.4, 0.5) is 4.79 Å². The normalized spacial score (nSPS) is 10.1. The van der Waals surface area contributed by atoms with Crippen molar-refractivity contribution >= 4 is 6.03 Å². The van der Waals surface area contributed by atoms with Crippen LogP contribution in [0.3, 0.4) is 0 Å². The van der Waals surface area contributed by atoms with Crippen molar-refractivity contribution in [3.8, 4) is 0 Å². The Morgan fingerprint density at radius 2 is 1.81 bits per heavy atom. The lowest BCUT2D eigenvalue weighted by Gasteiger charge is -2.17. The third-order valence-electron chi connectivity index (χ3n) is 1.63. The number of carbonyl (C=O) groups excluding carboxylic acids is 1. The number of allylic oxidation sites excluding steroid dienone is 1. The molecule has 0 heterocycles. The molecule has 2 amide bonds. The molecule has 5 heteroatoms. The highest BCUT2D eigenvalue weighted by Crippen LogP contribution is 1.93. The Labute approximate surface area is 97.2 Å². The van der Waals surface area contributed by atoms with Gasteiger partial charge in [0, 0.05) is 19.4 Å². The van der Waals surface area contributed by atoms with Crippen LogP contribution in [0.2, 0.25) is 0 Å². The molecule has 0 unspecified atom stereocenters. The number of hydrogen-bond donors (Lipinski definition) is 2. The molecule has 94 valence electrons. The van der Waals surface area contributed by atoms with Crippen LogP contribution in [0.15, 0.2) is 11.8 Å². The molecule has 16 heavy (non-hydrogen) atoms. The van der Waals surface area contributed by atoms with Gasteiger partial charge in [-0.3, -0.25) is 0 Å². The molecule has 0 aromatic rings. The van der Waals surface area contributed by atoms with Gasteiger partial charge in [-0.15, -0.1) is 0 Å². The maximum Gasteiger partial charge on any atom is 0.318 e. The van der Waals surface area contributed by atoms with E-state index in [9.17, 15) is 4.79 Å². The van der Waals surface area contributed by atoms with Gasteiger partial charge in [0.05, 0.1) is 6.54 Å². The molecule has 0 radical (unpaired) electrons. The maximum atomic E-state index is 11.3. The van der Waals surface area contributed by atoms with E-state index in [1.54, 1.807) is 6.20 Å². The minimum atomic E-state index is -0.382. The molecular formula is C11H22N2O3. The van der Waals surface area contributed by atoms with Gasteiger partial charge in [0.1, 0.15) is 0 Å². The second kappa shape index (κ2) is 9.18. The molecule has 0 aliphatic rings. The highest BCUT2D eigenvalue weighted by atomic mass is 16.7. The lowest BCUT2D eigenvalue weighted by molar-refractivity contribution is -0.131. The van der Waals surface area contributed by atoms with E-state index in [0.717, 1.165) is 5.57 Å². The van der Waals surface area contributed by atoms with Crippen LogP contribution < -0.4 is 10.6 Å². The summed E-state index contributed by atoms with van der Waals surface area (Å²) in [5.41, 5.74) is 1.03.